The molecule has 0 aliphatic carbocycles. The molecule has 3 rings (SSSR count). The maximum atomic E-state index is 12.5. The lowest BCUT2D eigenvalue weighted by Gasteiger charge is -2.32. The molecule has 2 aromatic carbocycles. The standard InChI is InChI=1S/C20H21ClN2O3/c1-26-18-8-4-14(5-9-18)19(24)22-17-10-12-23(13-11-17)20(25)15-2-6-16(21)7-3-15/h2-9,17H,10-13H2,1H3,(H,22,24). The highest BCUT2D eigenvalue weighted by molar-refractivity contribution is 6.30. The predicted octanol–water partition coefficient (Wildman–Crippen LogP) is 3.38. The van der Waals surface area contributed by atoms with E-state index in [1.807, 2.05) is 4.90 Å². The first kappa shape index (κ1) is 18.3. The lowest BCUT2D eigenvalue weighted by molar-refractivity contribution is 0.0698. The van der Waals surface area contributed by atoms with Crippen LogP contribution in [0.25, 0.3) is 0 Å². The van der Waals surface area contributed by atoms with Crippen LogP contribution in [0.3, 0.4) is 0 Å². The second kappa shape index (κ2) is 8.23. The van der Waals surface area contributed by atoms with Crippen molar-refractivity contribution in [3.63, 3.8) is 0 Å². The number of piperidine rings is 1. The Balaban J connectivity index is 1.52. The Bertz CT molecular complexity index is 767. The molecule has 6 heteroatoms. The first-order chi connectivity index (χ1) is 12.6. The van der Waals surface area contributed by atoms with Gasteiger partial charge in [-0.2, -0.15) is 0 Å². The molecular weight excluding hydrogens is 352 g/mol. The van der Waals surface area contributed by atoms with E-state index in [0.29, 0.717) is 29.2 Å². The summed E-state index contributed by atoms with van der Waals surface area (Å²) in [5.41, 5.74) is 1.24. The lowest BCUT2D eigenvalue weighted by atomic mass is 10.0. The number of rotatable bonds is 4. The summed E-state index contributed by atoms with van der Waals surface area (Å²) in [5, 5.41) is 3.66. The zero-order valence-electron chi connectivity index (χ0n) is 14.6. The molecule has 2 amide bonds. The van der Waals surface area contributed by atoms with E-state index in [2.05, 4.69) is 5.32 Å². The Labute approximate surface area is 157 Å². The molecule has 2 aromatic rings. The highest BCUT2D eigenvalue weighted by atomic mass is 35.5. The first-order valence-electron chi connectivity index (χ1n) is 8.56. The zero-order valence-corrected chi connectivity index (χ0v) is 15.3. The van der Waals surface area contributed by atoms with Gasteiger partial charge in [0.2, 0.25) is 0 Å². The van der Waals surface area contributed by atoms with Gasteiger partial charge in [-0.3, -0.25) is 9.59 Å². The van der Waals surface area contributed by atoms with Gasteiger partial charge in [0.25, 0.3) is 11.8 Å². The molecule has 0 unspecified atom stereocenters. The molecule has 0 atom stereocenters. The zero-order chi connectivity index (χ0) is 18.5. The van der Waals surface area contributed by atoms with Gasteiger partial charge in [-0.05, 0) is 61.4 Å². The largest absolute Gasteiger partial charge is 0.497 e. The molecule has 136 valence electrons. The second-order valence-electron chi connectivity index (χ2n) is 6.28. The predicted molar refractivity (Wildman–Crippen MR) is 101 cm³/mol. The number of amides is 2. The van der Waals surface area contributed by atoms with Gasteiger partial charge >= 0.3 is 0 Å². The molecule has 1 N–H and O–H groups in total. The van der Waals surface area contributed by atoms with E-state index in [1.54, 1.807) is 55.6 Å². The Kier molecular flexibility index (Phi) is 5.78. The van der Waals surface area contributed by atoms with E-state index in [9.17, 15) is 9.59 Å². The molecule has 1 aliphatic heterocycles. The molecule has 1 heterocycles. The SMILES string of the molecule is COc1ccc(C(=O)NC2CCN(C(=O)c3ccc(Cl)cc3)CC2)cc1. The van der Waals surface area contributed by atoms with E-state index in [1.165, 1.54) is 0 Å². The fourth-order valence-electron chi connectivity index (χ4n) is 3.01. The lowest BCUT2D eigenvalue weighted by Crippen LogP contribution is -2.46. The number of halogens is 1. The van der Waals surface area contributed by atoms with E-state index < -0.39 is 0 Å². The van der Waals surface area contributed by atoms with E-state index in [0.717, 1.165) is 18.6 Å². The molecule has 0 aromatic heterocycles. The van der Waals surface area contributed by atoms with Crippen molar-refractivity contribution < 1.29 is 14.3 Å². The maximum Gasteiger partial charge on any atom is 0.253 e. The first-order valence-corrected chi connectivity index (χ1v) is 8.94. The van der Waals surface area contributed by atoms with Crippen LogP contribution >= 0.6 is 11.6 Å². The number of nitrogens with zero attached hydrogens (tertiary/aromatic N) is 1. The molecule has 5 nitrogen and oxygen atoms in total. The van der Waals surface area contributed by atoms with Crippen molar-refractivity contribution in [2.24, 2.45) is 0 Å². The Hall–Kier alpha value is -2.53. The third-order valence-electron chi connectivity index (χ3n) is 4.56. The monoisotopic (exact) mass is 372 g/mol. The number of methoxy groups -OCH3 is 1. The van der Waals surface area contributed by atoms with Gasteiger partial charge in [-0.15, -0.1) is 0 Å². The van der Waals surface area contributed by atoms with Gasteiger partial charge in [0, 0.05) is 35.3 Å². The highest BCUT2D eigenvalue weighted by Gasteiger charge is 2.24. The summed E-state index contributed by atoms with van der Waals surface area (Å²) in [6.45, 7) is 1.24. The number of benzene rings is 2. The van der Waals surface area contributed by atoms with Crippen molar-refractivity contribution in [3.05, 3.63) is 64.7 Å². The summed E-state index contributed by atoms with van der Waals surface area (Å²) in [7, 11) is 1.59. The van der Waals surface area contributed by atoms with Crippen molar-refractivity contribution in [2.75, 3.05) is 20.2 Å². The Morgan fingerprint density at radius 1 is 1.00 bits per heavy atom. The number of nitrogens with one attached hydrogen (secondary N) is 1. The molecule has 0 radical (unpaired) electrons. The number of hydrogen-bond acceptors (Lipinski definition) is 3. The van der Waals surface area contributed by atoms with Crippen LogP contribution in [-0.4, -0.2) is 43.0 Å². The number of likely N-dealkylation sites (tertiary alicyclic amines) is 1. The van der Waals surface area contributed by atoms with Gasteiger partial charge in [-0.25, -0.2) is 0 Å². The summed E-state index contributed by atoms with van der Waals surface area (Å²) in [5.74, 6) is 0.618. The van der Waals surface area contributed by atoms with Gasteiger partial charge in [0.05, 0.1) is 7.11 Å². The number of hydrogen-bond donors (Lipinski definition) is 1. The third-order valence-corrected chi connectivity index (χ3v) is 4.81. The van der Waals surface area contributed by atoms with Crippen LogP contribution in [-0.2, 0) is 0 Å². The summed E-state index contributed by atoms with van der Waals surface area (Å²) in [4.78, 5) is 26.7. The van der Waals surface area contributed by atoms with Crippen LogP contribution in [0, 0.1) is 0 Å². The van der Waals surface area contributed by atoms with Crippen LogP contribution < -0.4 is 10.1 Å². The smallest absolute Gasteiger partial charge is 0.253 e. The van der Waals surface area contributed by atoms with Crippen LogP contribution in [0.5, 0.6) is 5.75 Å². The van der Waals surface area contributed by atoms with Crippen molar-refractivity contribution in [3.8, 4) is 5.75 Å². The quantitative estimate of drug-likeness (QED) is 0.895. The molecule has 1 saturated heterocycles. The van der Waals surface area contributed by atoms with Crippen molar-refractivity contribution in [1.29, 1.82) is 0 Å². The van der Waals surface area contributed by atoms with Crippen LogP contribution in [0.2, 0.25) is 5.02 Å². The molecule has 26 heavy (non-hydrogen) atoms. The number of ether oxygens (including phenoxy) is 1. The minimum absolute atomic E-state index is 0.00148. The molecule has 1 aliphatic rings. The molecule has 0 spiro atoms. The van der Waals surface area contributed by atoms with Crippen molar-refractivity contribution in [1.82, 2.24) is 10.2 Å². The van der Waals surface area contributed by atoms with Crippen molar-refractivity contribution in [2.45, 2.75) is 18.9 Å². The van der Waals surface area contributed by atoms with E-state index in [4.69, 9.17) is 16.3 Å². The van der Waals surface area contributed by atoms with E-state index >= 15 is 0 Å². The average Bonchev–Trinajstić information content (AvgIpc) is 2.68. The summed E-state index contributed by atoms with van der Waals surface area (Å²) in [6.07, 6.45) is 1.47. The van der Waals surface area contributed by atoms with Gasteiger partial charge in [-0.1, -0.05) is 11.6 Å². The van der Waals surface area contributed by atoms with Gasteiger partial charge in [0.1, 0.15) is 5.75 Å². The second-order valence-corrected chi connectivity index (χ2v) is 6.71. The molecule has 0 bridgehead atoms. The summed E-state index contributed by atoms with van der Waals surface area (Å²) in [6, 6.07) is 14.0. The van der Waals surface area contributed by atoms with Crippen LogP contribution in [0.15, 0.2) is 48.5 Å². The third kappa shape index (κ3) is 4.35. The normalized spacial score (nSPS) is 14.8. The maximum absolute atomic E-state index is 12.5. The van der Waals surface area contributed by atoms with Crippen LogP contribution in [0.1, 0.15) is 33.6 Å². The topological polar surface area (TPSA) is 58.6 Å². The van der Waals surface area contributed by atoms with Gasteiger partial charge < -0.3 is 15.0 Å². The fourth-order valence-corrected chi connectivity index (χ4v) is 3.14. The molecular formula is C20H21ClN2O3. The summed E-state index contributed by atoms with van der Waals surface area (Å²) < 4.78 is 5.10. The average molecular weight is 373 g/mol. The Morgan fingerprint density at radius 2 is 1.58 bits per heavy atom. The van der Waals surface area contributed by atoms with Gasteiger partial charge in [0.15, 0.2) is 0 Å². The Morgan fingerprint density at radius 3 is 2.15 bits per heavy atom. The molecule has 1 fully saturated rings. The van der Waals surface area contributed by atoms with Crippen LogP contribution in [0.4, 0.5) is 0 Å². The highest BCUT2D eigenvalue weighted by Crippen LogP contribution is 2.17. The number of carbonyl (C=O) groups is 2. The minimum Gasteiger partial charge on any atom is -0.497 e. The summed E-state index contributed by atoms with van der Waals surface area (Å²) >= 11 is 5.87. The number of carbonyl (C=O) groups excluding carboxylic acids is 2. The van der Waals surface area contributed by atoms with E-state index in [-0.39, 0.29) is 17.9 Å². The molecule has 0 saturated carbocycles. The fraction of sp³-hybridized carbons (Fsp3) is 0.300. The minimum atomic E-state index is -0.102. The van der Waals surface area contributed by atoms with Crippen molar-refractivity contribution >= 4 is 23.4 Å².